The smallest absolute Gasteiger partial charge is 0.257 e. The largest absolute Gasteiger partial charge is 0.396 e. The van der Waals surface area contributed by atoms with E-state index in [0.717, 1.165) is 11.6 Å². The van der Waals surface area contributed by atoms with Crippen molar-refractivity contribution in [3.05, 3.63) is 59.4 Å². The molecule has 0 saturated heterocycles. The highest BCUT2D eigenvalue weighted by molar-refractivity contribution is 5.95. The summed E-state index contributed by atoms with van der Waals surface area (Å²) in [6, 6.07) is 5.20. The second-order valence-corrected chi connectivity index (χ2v) is 4.53. The summed E-state index contributed by atoms with van der Waals surface area (Å²) < 4.78 is 26.9. The van der Waals surface area contributed by atoms with Gasteiger partial charge in [-0.15, -0.1) is 0 Å². The molecule has 0 aliphatic rings. The van der Waals surface area contributed by atoms with Crippen LogP contribution in [0.25, 0.3) is 0 Å². The van der Waals surface area contributed by atoms with Crippen molar-refractivity contribution in [3.8, 4) is 0 Å². The standard InChI is InChI=1S/C15H15F2N3O/c1-2-20(9-10-3-5-19-6-4-10)15(21)11-7-14(18)13(17)8-12(11)16/h3-8H,2,9,18H2,1H3. The number of amides is 1. The van der Waals surface area contributed by atoms with Crippen molar-refractivity contribution in [3.63, 3.8) is 0 Å². The monoisotopic (exact) mass is 291 g/mol. The van der Waals surface area contributed by atoms with Gasteiger partial charge in [0, 0.05) is 31.5 Å². The zero-order valence-corrected chi connectivity index (χ0v) is 11.5. The van der Waals surface area contributed by atoms with Gasteiger partial charge < -0.3 is 10.6 Å². The molecule has 2 rings (SSSR count). The summed E-state index contributed by atoms with van der Waals surface area (Å²) in [5.41, 5.74) is 5.79. The summed E-state index contributed by atoms with van der Waals surface area (Å²) in [6.07, 6.45) is 3.23. The normalized spacial score (nSPS) is 10.4. The molecule has 110 valence electrons. The average Bonchev–Trinajstić information content (AvgIpc) is 2.49. The Morgan fingerprint density at radius 3 is 2.52 bits per heavy atom. The number of pyridine rings is 1. The second-order valence-electron chi connectivity index (χ2n) is 4.53. The van der Waals surface area contributed by atoms with Crippen LogP contribution in [0.1, 0.15) is 22.8 Å². The molecule has 0 radical (unpaired) electrons. The molecule has 21 heavy (non-hydrogen) atoms. The average molecular weight is 291 g/mol. The summed E-state index contributed by atoms with van der Waals surface area (Å²) in [6.45, 7) is 2.48. The molecule has 0 fully saturated rings. The lowest BCUT2D eigenvalue weighted by molar-refractivity contribution is 0.0748. The van der Waals surface area contributed by atoms with Gasteiger partial charge in [0.2, 0.25) is 0 Å². The van der Waals surface area contributed by atoms with Crippen LogP contribution in [-0.2, 0) is 6.54 Å². The second kappa shape index (κ2) is 6.30. The minimum absolute atomic E-state index is 0.232. The fraction of sp³-hybridized carbons (Fsp3) is 0.200. The summed E-state index contributed by atoms with van der Waals surface area (Å²) in [5.74, 6) is -2.32. The first-order chi connectivity index (χ1) is 10.0. The summed E-state index contributed by atoms with van der Waals surface area (Å²) in [4.78, 5) is 17.7. The predicted octanol–water partition coefficient (Wildman–Crippen LogP) is 2.60. The Kier molecular flexibility index (Phi) is 4.47. The molecule has 0 aliphatic heterocycles. The maximum Gasteiger partial charge on any atom is 0.257 e. The van der Waals surface area contributed by atoms with Crippen molar-refractivity contribution < 1.29 is 13.6 Å². The van der Waals surface area contributed by atoms with E-state index >= 15 is 0 Å². The van der Waals surface area contributed by atoms with Gasteiger partial charge in [-0.25, -0.2) is 8.78 Å². The van der Waals surface area contributed by atoms with Crippen LogP contribution >= 0.6 is 0 Å². The summed E-state index contributed by atoms with van der Waals surface area (Å²) in [5, 5.41) is 0. The SMILES string of the molecule is CCN(Cc1ccncc1)C(=O)c1cc(N)c(F)cc1F. The molecule has 1 aromatic carbocycles. The number of nitrogens with two attached hydrogens (primary N) is 1. The maximum absolute atomic E-state index is 13.8. The molecule has 0 spiro atoms. The molecule has 1 heterocycles. The lowest BCUT2D eigenvalue weighted by Gasteiger charge is -2.21. The van der Waals surface area contributed by atoms with E-state index in [4.69, 9.17) is 5.73 Å². The molecule has 0 aliphatic carbocycles. The maximum atomic E-state index is 13.8. The zero-order valence-electron chi connectivity index (χ0n) is 11.5. The molecule has 6 heteroatoms. The van der Waals surface area contributed by atoms with Crippen molar-refractivity contribution in [1.29, 1.82) is 0 Å². The Morgan fingerprint density at radius 2 is 1.90 bits per heavy atom. The van der Waals surface area contributed by atoms with Crippen LogP contribution in [0.2, 0.25) is 0 Å². The van der Waals surface area contributed by atoms with Crippen LogP contribution in [0, 0.1) is 11.6 Å². The molecule has 1 amide bonds. The molecule has 2 N–H and O–H groups in total. The number of nitrogen functional groups attached to an aromatic ring is 1. The van der Waals surface area contributed by atoms with Gasteiger partial charge in [0.1, 0.15) is 11.6 Å². The van der Waals surface area contributed by atoms with Crippen molar-refractivity contribution in [2.24, 2.45) is 0 Å². The molecule has 4 nitrogen and oxygen atoms in total. The van der Waals surface area contributed by atoms with Crippen molar-refractivity contribution in [2.45, 2.75) is 13.5 Å². The highest BCUT2D eigenvalue weighted by atomic mass is 19.1. The molecule has 0 saturated carbocycles. The molecular formula is C15H15F2N3O. The number of carbonyl (C=O) groups excluding carboxylic acids is 1. The Labute approximate surface area is 121 Å². The van der Waals surface area contributed by atoms with Gasteiger partial charge in [0.15, 0.2) is 0 Å². The molecule has 0 unspecified atom stereocenters. The van der Waals surface area contributed by atoms with Gasteiger partial charge in [-0.05, 0) is 30.7 Å². The van der Waals surface area contributed by atoms with Gasteiger partial charge >= 0.3 is 0 Å². The van der Waals surface area contributed by atoms with Crippen LogP contribution < -0.4 is 5.73 Å². The van der Waals surface area contributed by atoms with Gasteiger partial charge in [0.05, 0.1) is 11.3 Å². The van der Waals surface area contributed by atoms with E-state index in [9.17, 15) is 13.6 Å². The number of hydrogen-bond acceptors (Lipinski definition) is 3. The lowest BCUT2D eigenvalue weighted by Crippen LogP contribution is -2.31. The van der Waals surface area contributed by atoms with E-state index in [1.807, 2.05) is 0 Å². The fourth-order valence-corrected chi connectivity index (χ4v) is 1.94. The minimum atomic E-state index is -0.917. The Hall–Kier alpha value is -2.50. The molecular weight excluding hydrogens is 276 g/mol. The predicted molar refractivity (Wildman–Crippen MR) is 75.4 cm³/mol. The van der Waals surface area contributed by atoms with E-state index in [-0.39, 0.29) is 11.3 Å². The van der Waals surface area contributed by atoms with E-state index in [0.29, 0.717) is 19.2 Å². The molecule has 0 bridgehead atoms. The fourth-order valence-electron chi connectivity index (χ4n) is 1.94. The van der Waals surface area contributed by atoms with E-state index in [1.54, 1.807) is 31.5 Å². The number of aromatic nitrogens is 1. The van der Waals surface area contributed by atoms with Crippen LogP contribution in [0.15, 0.2) is 36.7 Å². The Balaban J connectivity index is 2.26. The summed E-state index contributed by atoms with van der Waals surface area (Å²) >= 11 is 0. The van der Waals surface area contributed by atoms with Crippen LogP contribution in [0.5, 0.6) is 0 Å². The van der Waals surface area contributed by atoms with Gasteiger partial charge in [-0.2, -0.15) is 0 Å². The Bertz CT molecular complexity index is 647. The number of rotatable bonds is 4. The molecule has 0 atom stereocenters. The van der Waals surface area contributed by atoms with E-state index < -0.39 is 17.5 Å². The first-order valence-electron chi connectivity index (χ1n) is 6.45. The highest BCUT2D eigenvalue weighted by Gasteiger charge is 2.20. The van der Waals surface area contributed by atoms with E-state index in [2.05, 4.69) is 4.98 Å². The first-order valence-corrected chi connectivity index (χ1v) is 6.45. The summed E-state index contributed by atoms with van der Waals surface area (Å²) in [7, 11) is 0. The van der Waals surface area contributed by atoms with Gasteiger partial charge in [-0.3, -0.25) is 9.78 Å². The first kappa shape index (κ1) is 14.9. The quantitative estimate of drug-likeness (QED) is 0.881. The van der Waals surface area contributed by atoms with Gasteiger partial charge in [0.25, 0.3) is 5.91 Å². The van der Waals surface area contributed by atoms with Crippen LogP contribution in [-0.4, -0.2) is 22.3 Å². The number of anilines is 1. The number of halogens is 2. The van der Waals surface area contributed by atoms with Crippen LogP contribution in [0.4, 0.5) is 14.5 Å². The number of benzene rings is 1. The zero-order chi connectivity index (χ0) is 15.4. The Morgan fingerprint density at radius 1 is 1.24 bits per heavy atom. The van der Waals surface area contributed by atoms with Gasteiger partial charge in [-0.1, -0.05) is 0 Å². The van der Waals surface area contributed by atoms with Crippen molar-refractivity contribution in [2.75, 3.05) is 12.3 Å². The third-order valence-corrected chi connectivity index (χ3v) is 3.11. The third-order valence-electron chi connectivity index (χ3n) is 3.11. The third kappa shape index (κ3) is 3.34. The van der Waals surface area contributed by atoms with Crippen molar-refractivity contribution >= 4 is 11.6 Å². The lowest BCUT2D eigenvalue weighted by atomic mass is 10.1. The van der Waals surface area contributed by atoms with E-state index in [1.165, 1.54) is 4.90 Å². The molecule has 1 aromatic heterocycles. The number of hydrogen-bond donors (Lipinski definition) is 1. The molecule has 2 aromatic rings. The van der Waals surface area contributed by atoms with Crippen LogP contribution in [0.3, 0.4) is 0 Å². The topological polar surface area (TPSA) is 59.2 Å². The number of nitrogens with zero attached hydrogens (tertiary/aromatic N) is 2. The van der Waals surface area contributed by atoms with Crippen molar-refractivity contribution in [1.82, 2.24) is 9.88 Å². The highest BCUT2D eigenvalue weighted by Crippen LogP contribution is 2.19. The minimum Gasteiger partial charge on any atom is -0.396 e. The number of carbonyl (C=O) groups is 1.